The van der Waals surface area contributed by atoms with Crippen LogP contribution in [-0.2, 0) is 9.59 Å². The summed E-state index contributed by atoms with van der Waals surface area (Å²) in [5.41, 5.74) is 7.45. The molecule has 3 atom stereocenters. The quantitative estimate of drug-likeness (QED) is 0.140. The second kappa shape index (κ2) is 15.5. The maximum absolute atomic E-state index is 15.7. The maximum Gasteiger partial charge on any atom is 0.262 e. The Balaban J connectivity index is 0.841. The SMILES string of the molecule is CCC(=C(c1ccc(O)cc1)c1ccc(N2CCC(CN3C4CCC3CN(c3cc5c(cc3F)C(=O)N(C3CCC(=O)NC3=O)C5=O)C4)CC2)cc1)c1ccccc1. The zero-order valence-electron chi connectivity index (χ0n) is 32.7. The molecule has 4 aromatic carbocycles. The first-order chi connectivity index (χ1) is 28.2. The van der Waals surface area contributed by atoms with Crippen LogP contribution in [0.2, 0.25) is 0 Å². The molecular formula is C47H48FN5O5. The number of halogens is 1. The second-order valence-corrected chi connectivity index (χ2v) is 16.4. The number of carbonyl (C=O) groups excluding carboxylic acids is 4. The number of hydrogen-bond acceptors (Lipinski definition) is 8. The van der Waals surface area contributed by atoms with Gasteiger partial charge in [0.15, 0.2) is 0 Å². The van der Waals surface area contributed by atoms with Gasteiger partial charge in [-0.05, 0) is 109 Å². The van der Waals surface area contributed by atoms with E-state index in [1.54, 1.807) is 12.1 Å². The van der Waals surface area contributed by atoms with Crippen molar-refractivity contribution in [3.8, 4) is 5.75 Å². The third-order valence-electron chi connectivity index (χ3n) is 13.0. The van der Waals surface area contributed by atoms with Crippen LogP contribution < -0.4 is 15.1 Å². The molecule has 2 N–H and O–H groups in total. The first kappa shape index (κ1) is 37.7. The average Bonchev–Trinajstić information content (AvgIpc) is 3.60. The van der Waals surface area contributed by atoms with E-state index in [-0.39, 0.29) is 41.8 Å². The standard InChI is InChI=1S/C47H48FN5O5/c1-2-37(30-6-4-3-5-7-30)44(32-10-16-36(54)17-11-32)31-8-12-33(13-9-31)50-22-20-29(21-23-50)26-52-34-14-15-35(52)28-51(27-34)42-25-39-38(24-40(42)48)46(57)53(47(39)58)41-18-19-43(55)49-45(41)56/h3-13,16-17,24-25,29,34-35,41,54H,2,14-15,18-23,26-28H2,1H3,(H,49,55,56). The van der Waals surface area contributed by atoms with Crippen molar-refractivity contribution in [1.82, 2.24) is 15.1 Å². The number of nitrogens with one attached hydrogen (secondary N) is 1. The lowest BCUT2D eigenvalue weighted by molar-refractivity contribution is -0.136. The van der Waals surface area contributed by atoms with Gasteiger partial charge in [-0.1, -0.05) is 61.5 Å². The Morgan fingerprint density at radius 1 is 0.741 bits per heavy atom. The number of imide groups is 2. The van der Waals surface area contributed by atoms with Gasteiger partial charge in [-0.25, -0.2) is 4.39 Å². The molecule has 10 nitrogen and oxygen atoms in total. The van der Waals surface area contributed by atoms with Crippen molar-refractivity contribution in [2.24, 2.45) is 5.92 Å². The highest BCUT2D eigenvalue weighted by molar-refractivity contribution is 6.23. The largest absolute Gasteiger partial charge is 0.508 e. The van der Waals surface area contributed by atoms with Crippen LogP contribution in [0.3, 0.4) is 0 Å². The molecule has 4 aromatic rings. The molecule has 11 heteroatoms. The van der Waals surface area contributed by atoms with Gasteiger partial charge in [0.1, 0.15) is 17.6 Å². The predicted octanol–water partition coefficient (Wildman–Crippen LogP) is 6.87. The molecule has 0 aliphatic carbocycles. The van der Waals surface area contributed by atoms with E-state index >= 15 is 4.39 Å². The van der Waals surface area contributed by atoms with Crippen molar-refractivity contribution in [1.29, 1.82) is 0 Å². The number of nitrogens with zero attached hydrogens (tertiary/aromatic N) is 4. The normalized spacial score (nSPS) is 23.0. The maximum atomic E-state index is 15.7. The van der Waals surface area contributed by atoms with Crippen LogP contribution in [-0.4, -0.2) is 89.4 Å². The fourth-order valence-corrected chi connectivity index (χ4v) is 10.0. The zero-order valence-corrected chi connectivity index (χ0v) is 32.7. The molecule has 0 radical (unpaired) electrons. The molecule has 9 rings (SSSR count). The fraction of sp³-hybridized carbons (Fsp3) is 0.362. The molecule has 0 spiro atoms. The van der Waals surface area contributed by atoms with Crippen molar-refractivity contribution in [3.05, 3.63) is 125 Å². The number of aromatic hydroxyl groups is 1. The van der Waals surface area contributed by atoms with Gasteiger partial charge in [0.25, 0.3) is 11.8 Å². The number of rotatable bonds is 9. The minimum atomic E-state index is -1.09. The first-order valence-corrected chi connectivity index (χ1v) is 20.7. The molecule has 3 unspecified atom stereocenters. The van der Waals surface area contributed by atoms with E-state index in [4.69, 9.17) is 0 Å². The smallest absolute Gasteiger partial charge is 0.262 e. The summed E-state index contributed by atoms with van der Waals surface area (Å²) in [6.07, 6.45) is 5.20. The number of phenolic OH excluding ortho intramolecular Hbond substituents is 1. The van der Waals surface area contributed by atoms with E-state index in [0.717, 1.165) is 73.8 Å². The predicted molar refractivity (Wildman–Crippen MR) is 221 cm³/mol. The number of amides is 4. The Kier molecular flexibility index (Phi) is 10.1. The number of phenols is 1. The Labute approximate surface area is 337 Å². The van der Waals surface area contributed by atoms with Crippen LogP contribution in [0, 0.1) is 11.7 Å². The average molecular weight is 782 g/mol. The summed E-state index contributed by atoms with van der Waals surface area (Å²) < 4.78 is 15.7. The van der Waals surface area contributed by atoms with Crippen molar-refractivity contribution in [2.45, 2.75) is 70.0 Å². The molecule has 5 aliphatic rings. The van der Waals surface area contributed by atoms with Gasteiger partial charge in [-0.2, -0.15) is 0 Å². The first-order valence-electron chi connectivity index (χ1n) is 20.7. The minimum absolute atomic E-state index is 0.0294. The van der Waals surface area contributed by atoms with E-state index in [2.05, 4.69) is 70.6 Å². The molecule has 4 fully saturated rings. The Morgan fingerprint density at radius 2 is 1.36 bits per heavy atom. The van der Waals surface area contributed by atoms with Gasteiger partial charge >= 0.3 is 0 Å². The lowest BCUT2D eigenvalue weighted by atomic mass is 9.88. The van der Waals surface area contributed by atoms with Crippen LogP contribution in [0.4, 0.5) is 15.8 Å². The molecule has 4 amide bonds. The third-order valence-corrected chi connectivity index (χ3v) is 13.0. The van der Waals surface area contributed by atoms with Gasteiger partial charge in [-0.15, -0.1) is 0 Å². The molecule has 2 bridgehead atoms. The van der Waals surface area contributed by atoms with Crippen LogP contribution in [0.1, 0.15) is 89.3 Å². The monoisotopic (exact) mass is 781 g/mol. The molecule has 5 aliphatic heterocycles. The molecule has 298 valence electrons. The zero-order chi connectivity index (χ0) is 40.1. The molecule has 4 saturated heterocycles. The van der Waals surface area contributed by atoms with E-state index in [0.29, 0.717) is 24.7 Å². The van der Waals surface area contributed by atoms with Crippen molar-refractivity contribution >= 4 is 46.1 Å². The van der Waals surface area contributed by atoms with E-state index < -0.39 is 35.5 Å². The van der Waals surface area contributed by atoms with Gasteiger partial charge in [-0.3, -0.25) is 34.3 Å². The Bertz CT molecular complexity index is 2270. The fourth-order valence-electron chi connectivity index (χ4n) is 10.0. The van der Waals surface area contributed by atoms with Crippen molar-refractivity contribution < 1.29 is 28.7 Å². The molecular weight excluding hydrogens is 734 g/mol. The summed E-state index contributed by atoms with van der Waals surface area (Å²) in [5.74, 6) is -2.18. The Morgan fingerprint density at radius 3 is 1.98 bits per heavy atom. The van der Waals surface area contributed by atoms with Crippen molar-refractivity contribution in [2.75, 3.05) is 42.5 Å². The second-order valence-electron chi connectivity index (χ2n) is 16.4. The number of benzene rings is 4. The van der Waals surface area contributed by atoms with Gasteiger partial charge in [0.2, 0.25) is 11.8 Å². The Hall–Kier alpha value is -5.81. The van der Waals surface area contributed by atoms with Crippen LogP contribution in [0.15, 0.2) is 91.0 Å². The number of piperazine rings is 1. The summed E-state index contributed by atoms with van der Waals surface area (Å²) in [7, 11) is 0. The summed E-state index contributed by atoms with van der Waals surface area (Å²) >= 11 is 0. The van der Waals surface area contributed by atoms with Gasteiger partial charge < -0.3 is 14.9 Å². The highest BCUT2D eigenvalue weighted by Gasteiger charge is 2.46. The third kappa shape index (κ3) is 6.95. The molecule has 0 saturated carbocycles. The number of fused-ring (bicyclic) bond motifs is 3. The van der Waals surface area contributed by atoms with E-state index in [9.17, 15) is 24.3 Å². The van der Waals surface area contributed by atoms with Crippen LogP contribution >= 0.6 is 0 Å². The minimum Gasteiger partial charge on any atom is -0.508 e. The van der Waals surface area contributed by atoms with Crippen LogP contribution in [0.25, 0.3) is 11.1 Å². The summed E-state index contributed by atoms with van der Waals surface area (Å²) in [4.78, 5) is 58.9. The number of hydrogen-bond donors (Lipinski definition) is 2. The highest BCUT2D eigenvalue weighted by atomic mass is 19.1. The van der Waals surface area contributed by atoms with Gasteiger partial charge in [0, 0.05) is 56.9 Å². The molecule has 58 heavy (non-hydrogen) atoms. The topological polar surface area (TPSA) is 114 Å². The number of anilines is 2. The van der Waals surface area contributed by atoms with Crippen molar-refractivity contribution in [3.63, 3.8) is 0 Å². The van der Waals surface area contributed by atoms with Gasteiger partial charge in [0.05, 0.1) is 16.8 Å². The number of allylic oxidation sites excluding steroid dienone is 1. The number of piperidine rings is 2. The lowest BCUT2D eigenvalue weighted by Crippen LogP contribution is -2.55. The highest BCUT2D eigenvalue weighted by Crippen LogP contribution is 2.39. The summed E-state index contributed by atoms with van der Waals surface area (Å²) in [6, 6.07) is 29.0. The summed E-state index contributed by atoms with van der Waals surface area (Å²) in [5, 5.41) is 12.2. The molecule has 5 heterocycles. The lowest BCUT2D eigenvalue weighted by Gasteiger charge is -2.44. The van der Waals surface area contributed by atoms with E-state index in [1.165, 1.54) is 28.5 Å². The number of carbonyl (C=O) groups is 4. The molecule has 0 aromatic heterocycles. The van der Waals surface area contributed by atoms with Crippen LogP contribution in [0.5, 0.6) is 5.75 Å². The summed E-state index contributed by atoms with van der Waals surface area (Å²) in [6.45, 7) is 6.44. The van der Waals surface area contributed by atoms with E-state index in [1.807, 2.05) is 23.1 Å².